The zero-order chi connectivity index (χ0) is 17.3. The maximum Gasteiger partial charge on any atom is 0.257 e. The van der Waals surface area contributed by atoms with E-state index in [1.165, 1.54) is 0 Å². The molecule has 0 radical (unpaired) electrons. The summed E-state index contributed by atoms with van der Waals surface area (Å²) in [5.74, 6) is 1.71. The van der Waals surface area contributed by atoms with Gasteiger partial charge in [0.1, 0.15) is 11.4 Å². The Labute approximate surface area is 148 Å². The highest BCUT2D eigenvalue weighted by molar-refractivity contribution is 5.95. The quantitative estimate of drug-likeness (QED) is 0.816. The van der Waals surface area contributed by atoms with Crippen LogP contribution in [0.15, 0.2) is 16.7 Å². The highest BCUT2D eigenvalue weighted by atomic mass is 16.5. The Balaban J connectivity index is 1.27. The maximum atomic E-state index is 12.5. The number of ether oxygens (including phenoxy) is 3. The summed E-state index contributed by atoms with van der Waals surface area (Å²) in [7, 11) is 0. The van der Waals surface area contributed by atoms with Gasteiger partial charge >= 0.3 is 0 Å². The molecule has 1 spiro atoms. The number of amides is 1. The van der Waals surface area contributed by atoms with E-state index in [2.05, 4.69) is 0 Å². The summed E-state index contributed by atoms with van der Waals surface area (Å²) in [5.41, 5.74) is 0.448. The van der Waals surface area contributed by atoms with E-state index in [0.717, 1.165) is 52.3 Å². The summed E-state index contributed by atoms with van der Waals surface area (Å²) in [6.07, 6.45) is 4.77. The molecular formula is C19H27NO5. The van der Waals surface area contributed by atoms with E-state index in [0.29, 0.717) is 36.2 Å². The van der Waals surface area contributed by atoms with Crippen molar-refractivity contribution in [1.29, 1.82) is 0 Å². The summed E-state index contributed by atoms with van der Waals surface area (Å²) < 4.78 is 22.7. The molecule has 138 valence electrons. The van der Waals surface area contributed by atoms with Gasteiger partial charge in [-0.25, -0.2) is 0 Å². The van der Waals surface area contributed by atoms with Crippen LogP contribution >= 0.6 is 0 Å². The summed E-state index contributed by atoms with van der Waals surface area (Å²) in [6.45, 7) is 7.14. The average Bonchev–Trinajstić information content (AvgIpc) is 3.20. The molecule has 6 heteroatoms. The van der Waals surface area contributed by atoms with Gasteiger partial charge in [0.15, 0.2) is 0 Å². The van der Waals surface area contributed by atoms with Crippen molar-refractivity contribution in [3.05, 3.63) is 23.7 Å². The number of rotatable bonds is 5. The second kappa shape index (κ2) is 7.09. The third-order valence-corrected chi connectivity index (χ3v) is 5.91. The average molecular weight is 349 g/mol. The van der Waals surface area contributed by atoms with Crippen LogP contribution in [0.5, 0.6) is 0 Å². The first kappa shape index (κ1) is 17.1. The number of aryl methyl sites for hydroxylation is 1. The van der Waals surface area contributed by atoms with Crippen molar-refractivity contribution in [3.63, 3.8) is 0 Å². The van der Waals surface area contributed by atoms with Crippen LogP contribution in [-0.2, 0) is 14.2 Å². The largest absolute Gasteiger partial charge is 0.469 e. The number of hydrogen-bond acceptors (Lipinski definition) is 5. The maximum absolute atomic E-state index is 12.5. The van der Waals surface area contributed by atoms with Crippen molar-refractivity contribution in [2.75, 3.05) is 46.1 Å². The van der Waals surface area contributed by atoms with Gasteiger partial charge < -0.3 is 23.5 Å². The number of carbonyl (C=O) groups excluding carboxylic acids is 1. The topological polar surface area (TPSA) is 61.1 Å². The molecule has 0 saturated carbocycles. The lowest BCUT2D eigenvalue weighted by Gasteiger charge is -2.50. The van der Waals surface area contributed by atoms with Crippen molar-refractivity contribution < 1.29 is 23.4 Å². The highest BCUT2D eigenvalue weighted by Gasteiger charge is 2.54. The molecule has 4 rings (SSSR count). The Morgan fingerprint density at radius 3 is 2.76 bits per heavy atom. The molecule has 3 aliphatic rings. The summed E-state index contributed by atoms with van der Waals surface area (Å²) in [5, 5.41) is 0. The first-order valence-corrected chi connectivity index (χ1v) is 9.31. The van der Waals surface area contributed by atoms with Gasteiger partial charge in [0.25, 0.3) is 5.91 Å². The zero-order valence-corrected chi connectivity index (χ0v) is 14.9. The number of furan rings is 1. The Morgan fingerprint density at radius 1 is 1.24 bits per heavy atom. The minimum absolute atomic E-state index is 0.0363. The van der Waals surface area contributed by atoms with E-state index in [9.17, 15) is 4.79 Å². The Hall–Kier alpha value is -1.37. The third kappa shape index (κ3) is 3.35. The highest BCUT2D eigenvalue weighted by Crippen LogP contribution is 2.41. The van der Waals surface area contributed by atoms with Crippen LogP contribution in [-0.4, -0.2) is 62.5 Å². The third-order valence-electron chi connectivity index (χ3n) is 5.91. The lowest BCUT2D eigenvalue weighted by atomic mass is 9.81. The lowest BCUT2D eigenvalue weighted by molar-refractivity contribution is -0.130. The fourth-order valence-electron chi connectivity index (χ4n) is 4.18. The van der Waals surface area contributed by atoms with Crippen molar-refractivity contribution in [3.8, 4) is 0 Å². The van der Waals surface area contributed by atoms with E-state index in [1.54, 1.807) is 12.3 Å². The van der Waals surface area contributed by atoms with Gasteiger partial charge in [-0.1, -0.05) is 0 Å². The van der Waals surface area contributed by atoms with Crippen LogP contribution in [0, 0.1) is 18.8 Å². The van der Waals surface area contributed by atoms with Gasteiger partial charge in [0.05, 0.1) is 31.5 Å². The molecule has 0 aromatic carbocycles. The van der Waals surface area contributed by atoms with Crippen LogP contribution in [0.1, 0.15) is 35.4 Å². The number of hydrogen-bond donors (Lipinski definition) is 0. The van der Waals surface area contributed by atoms with Crippen molar-refractivity contribution in [2.24, 2.45) is 11.8 Å². The summed E-state index contributed by atoms with van der Waals surface area (Å²) >= 11 is 0. The van der Waals surface area contributed by atoms with Crippen molar-refractivity contribution in [2.45, 2.75) is 31.8 Å². The van der Waals surface area contributed by atoms with Gasteiger partial charge in [0, 0.05) is 32.3 Å². The Kier molecular flexibility index (Phi) is 4.84. The van der Waals surface area contributed by atoms with E-state index >= 15 is 0 Å². The standard InChI is InChI=1S/C19H27NO5/c1-14-17(5-8-24-14)18(21)20-12-19(13-20)16(4-9-25-19)11-23-10-15-2-6-22-7-3-15/h5,8,15-16H,2-4,6-7,9-13H2,1H3. The lowest BCUT2D eigenvalue weighted by Crippen LogP contribution is -2.66. The molecule has 0 aliphatic carbocycles. The number of carbonyl (C=O) groups is 1. The molecule has 3 aliphatic heterocycles. The summed E-state index contributed by atoms with van der Waals surface area (Å²) in [4.78, 5) is 14.4. The summed E-state index contributed by atoms with van der Waals surface area (Å²) in [6, 6.07) is 1.74. The Bertz CT molecular complexity index is 601. The molecule has 1 unspecified atom stereocenters. The monoisotopic (exact) mass is 349 g/mol. The second-order valence-corrected chi connectivity index (χ2v) is 7.54. The van der Waals surface area contributed by atoms with Crippen LogP contribution in [0.2, 0.25) is 0 Å². The predicted octanol–water partition coefficient (Wildman–Crippen LogP) is 2.26. The van der Waals surface area contributed by atoms with Crippen LogP contribution in [0.4, 0.5) is 0 Å². The van der Waals surface area contributed by atoms with E-state index in [-0.39, 0.29) is 11.5 Å². The molecule has 1 aromatic rings. The first-order valence-electron chi connectivity index (χ1n) is 9.31. The minimum Gasteiger partial charge on any atom is -0.469 e. The van der Waals surface area contributed by atoms with E-state index in [1.807, 2.05) is 11.8 Å². The SMILES string of the molecule is Cc1occc1C(=O)N1CC2(C1)OCCC2COCC1CCOCC1. The normalized spacial score (nSPS) is 26.1. The van der Waals surface area contributed by atoms with E-state index < -0.39 is 0 Å². The Morgan fingerprint density at radius 2 is 2.04 bits per heavy atom. The zero-order valence-electron chi connectivity index (χ0n) is 14.9. The first-order chi connectivity index (χ1) is 12.2. The van der Waals surface area contributed by atoms with Crippen molar-refractivity contribution >= 4 is 5.91 Å². The van der Waals surface area contributed by atoms with E-state index in [4.69, 9.17) is 18.6 Å². The van der Waals surface area contributed by atoms with Crippen molar-refractivity contribution in [1.82, 2.24) is 4.90 Å². The fourth-order valence-corrected chi connectivity index (χ4v) is 4.18. The van der Waals surface area contributed by atoms with Gasteiger partial charge in [-0.05, 0) is 38.2 Å². The van der Waals surface area contributed by atoms with Gasteiger partial charge in [-0.15, -0.1) is 0 Å². The molecule has 3 saturated heterocycles. The molecule has 25 heavy (non-hydrogen) atoms. The fraction of sp³-hybridized carbons (Fsp3) is 0.737. The van der Waals surface area contributed by atoms with Crippen LogP contribution in [0.3, 0.4) is 0 Å². The predicted molar refractivity (Wildman–Crippen MR) is 90.5 cm³/mol. The smallest absolute Gasteiger partial charge is 0.257 e. The molecule has 1 atom stereocenters. The minimum atomic E-state index is -0.205. The molecule has 3 fully saturated rings. The molecular weight excluding hydrogens is 322 g/mol. The van der Waals surface area contributed by atoms with Gasteiger partial charge in [-0.2, -0.15) is 0 Å². The second-order valence-electron chi connectivity index (χ2n) is 7.54. The molecule has 6 nitrogen and oxygen atoms in total. The van der Waals surface area contributed by atoms with Crippen LogP contribution in [0.25, 0.3) is 0 Å². The molecule has 1 amide bonds. The number of nitrogens with zero attached hydrogens (tertiary/aromatic N) is 1. The molecule has 0 N–H and O–H groups in total. The molecule has 4 heterocycles. The van der Waals surface area contributed by atoms with Crippen LogP contribution < -0.4 is 0 Å². The van der Waals surface area contributed by atoms with Gasteiger partial charge in [-0.3, -0.25) is 4.79 Å². The number of likely N-dealkylation sites (tertiary alicyclic amines) is 1. The van der Waals surface area contributed by atoms with Gasteiger partial charge in [0.2, 0.25) is 0 Å². The molecule has 0 bridgehead atoms. The molecule has 1 aromatic heterocycles.